The van der Waals surface area contributed by atoms with Crippen molar-refractivity contribution >= 4 is 23.7 Å². The zero-order valence-corrected chi connectivity index (χ0v) is 11.5. The van der Waals surface area contributed by atoms with Crippen LogP contribution >= 0.6 is 12.2 Å². The van der Waals surface area contributed by atoms with E-state index in [-0.39, 0.29) is 28.7 Å². The lowest BCUT2D eigenvalue weighted by Gasteiger charge is -2.09. The fourth-order valence-corrected chi connectivity index (χ4v) is 1.85. The zero-order valence-electron chi connectivity index (χ0n) is 10.6. The summed E-state index contributed by atoms with van der Waals surface area (Å²) in [5, 5.41) is 3.94. The summed E-state index contributed by atoms with van der Waals surface area (Å²) in [6.45, 7) is 4.30. The van der Waals surface area contributed by atoms with Gasteiger partial charge in [0.15, 0.2) is 10.5 Å². The highest BCUT2D eigenvalue weighted by atomic mass is 32.1. The molecule has 2 aromatic rings. The first-order chi connectivity index (χ1) is 8.90. The standard InChI is InChI=1S/C11H15N5O2S/c1-5(2)7-3-6(18-15-7)4-16-9(13)8(12)10(17)14-11(16)19/h3,5H,4,12-13H2,1-2H3,(H,14,17,19). The highest BCUT2D eigenvalue weighted by Gasteiger charge is 2.12. The summed E-state index contributed by atoms with van der Waals surface area (Å²) >= 11 is 5.05. The molecule has 0 amide bonds. The van der Waals surface area contributed by atoms with Crippen LogP contribution in [0.2, 0.25) is 0 Å². The molecule has 0 radical (unpaired) electrons. The van der Waals surface area contributed by atoms with Crippen molar-refractivity contribution in [1.29, 1.82) is 0 Å². The maximum Gasteiger partial charge on any atom is 0.277 e. The van der Waals surface area contributed by atoms with Gasteiger partial charge < -0.3 is 16.0 Å². The topological polar surface area (TPSA) is 116 Å². The van der Waals surface area contributed by atoms with Crippen LogP contribution in [0.4, 0.5) is 11.5 Å². The lowest BCUT2D eigenvalue weighted by molar-refractivity contribution is 0.368. The third kappa shape index (κ3) is 2.53. The highest BCUT2D eigenvalue weighted by Crippen LogP contribution is 2.17. The lowest BCUT2D eigenvalue weighted by atomic mass is 10.1. The van der Waals surface area contributed by atoms with Crippen LogP contribution in [0.5, 0.6) is 0 Å². The number of nitrogens with one attached hydrogen (secondary N) is 1. The van der Waals surface area contributed by atoms with Crippen LogP contribution in [-0.4, -0.2) is 14.7 Å². The van der Waals surface area contributed by atoms with E-state index in [2.05, 4.69) is 10.1 Å². The van der Waals surface area contributed by atoms with Gasteiger partial charge in [0.2, 0.25) is 0 Å². The van der Waals surface area contributed by atoms with Gasteiger partial charge in [0.05, 0.1) is 12.2 Å². The number of rotatable bonds is 3. The molecule has 0 aromatic carbocycles. The summed E-state index contributed by atoms with van der Waals surface area (Å²) in [5.74, 6) is 0.984. The quantitative estimate of drug-likeness (QED) is 0.729. The van der Waals surface area contributed by atoms with E-state index in [1.807, 2.05) is 19.9 Å². The molecule has 0 bridgehead atoms. The number of nitrogen functional groups attached to an aromatic ring is 2. The minimum atomic E-state index is -0.487. The molecule has 102 valence electrons. The van der Waals surface area contributed by atoms with Crippen molar-refractivity contribution in [1.82, 2.24) is 14.7 Å². The maximum absolute atomic E-state index is 11.4. The van der Waals surface area contributed by atoms with E-state index in [0.717, 1.165) is 5.69 Å². The number of H-pyrrole nitrogens is 1. The number of aromatic amines is 1. The summed E-state index contributed by atoms with van der Waals surface area (Å²) in [7, 11) is 0. The summed E-state index contributed by atoms with van der Waals surface area (Å²) in [6.07, 6.45) is 0. The number of nitrogens with two attached hydrogens (primary N) is 2. The van der Waals surface area contributed by atoms with E-state index in [9.17, 15) is 4.79 Å². The van der Waals surface area contributed by atoms with Crippen molar-refractivity contribution in [2.24, 2.45) is 0 Å². The second kappa shape index (κ2) is 4.88. The summed E-state index contributed by atoms with van der Waals surface area (Å²) < 4.78 is 6.89. The average molecular weight is 281 g/mol. The Morgan fingerprint density at radius 3 is 2.79 bits per heavy atom. The van der Waals surface area contributed by atoms with Gasteiger partial charge >= 0.3 is 0 Å². The Kier molecular flexibility index (Phi) is 3.43. The molecule has 0 saturated carbocycles. The second-order valence-corrected chi connectivity index (χ2v) is 4.90. The molecule has 0 saturated heterocycles. The summed E-state index contributed by atoms with van der Waals surface area (Å²) in [4.78, 5) is 13.8. The molecule has 8 heteroatoms. The van der Waals surface area contributed by atoms with Crippen LogP contribution in [-0.2, 0) is 6.54 Å². The molecule has 19 heavy (non-hydrogen) atoms. The van der Waals surface area contributed by atoms with Crippen LogP contribution in [0.15, 0.2) is 15.4 Å². The van der Waals surface area contributed by atoms with Gasteiger partial charge in [0.25, 0.3) is 5.56 Å². The molecule has 2 heterocycles. The molecule has 0 aliphatic carbocycles. The van der Waals surface area contributed by atoms with Gasteiger partial charge in [-0.25, -0.2) is 0 Å². The number of aromatic nitrogens is 3. The Labute approximate surface area is 114 Å². The molecule has 0 spiro atoms. The van der Waals surface area contributed by atoms with Crippen LogP contribution in [0.25, 0.3) is 0 Å². The average Bonchev–Trinajstić information content (AvgIpc) is 2.81. The van der Waals surface area contributed by atoms with Gasteiger partial charge in [0, 0.05) is 6.07 Å². The summed E-state index contributed by atoms with van der Waals surface area (Å²) in [5.41, 5.74) is 11.7. The molecule has 7 nitrogen and oxygen atoms in total. The van der Waals surface area contributed by atoms with Crippen LogP contribution in [0, 0.1) is 4.77 Å². The van der Waals surface area contributed by atoms with E-state index in [0.29, 0.717) is 5.76 Å². The molecule has 2 aromatic heterocycles. The first kappa shape index (κ1) is 13.3. The fourth-order valence-electron chi connectivity index (χ4n) is 1.59. The molecule has 0 aliphatic heterocycles. The smallest absolute Gasteiger partial charge is 0.277 e. The van der Waals surface area contributed by atoms with Gasteiger partial charge in [-0.15, -0.1) is 0 Å². The van der Waals surface area contributed by atoms with Crippen molar-refractivity contribution in [2.45, 2.75) is 26.3 Å². The Morgan fingerprint density at radius 2 is 2.21 bits per heavy atom. The first-order valence-electron chi connectivity index (χ1n) is 5.73. The Bertz CT molecular complexity index is 713. The van der Waals surface area contributed by atoms with Crippen molar-refractivity contribution in [2.75, 3.05) is 11.5 Å². The third-order valence-electron chi connectivity index (χ3n) is 2.76. The van der Waals surface area contributed by atoms with Crippen molar-refractivity contribution in [3.63, 3.8) is 0 Å². The van der Waals surface area contributed by atoms with Crippen LogP contribution in [0.3, 0.4) is 0 Å². The fraction of sp³-hybridized carbons (Fsp3) is 0.364. The Balaban J connectivity index is 2.41. The van der Waals surface area contributed by atoms with Gasteiger partial charge in [0.1, 0.15) is 11.5 Å². The van der Waals surface area contributed by atoms with Crippen molar-refractivity contribution in [3.8, 4) is 0 Å². The van der Waals surface area contributed by atoms with Gasteiger partial charge in [-0.3, -0.25) is 14.3 Å². The molecule has 0 aliphatic rings. The van der Waals surface area contributed by atoms with E-state index in [1.165, 1.54) is 4.57 Å². The highest BCUT2D eigenvalue weighted by molar-refractivity contribution is 7.71. The molecule has 0 fully saturated rings. The molecule has 0 unspecified atom stereocenters. The lowest BCUT2D eigenvalue weighted by Crippen LogP contribution is -2.21. The van der Waals surface area contributed by atoms with Gasteiger partial charge in [-0.2, -0.15) is 0 Å². The van der Waals surface area contributed by atoms with Crippen LogP contribution < -0.4 is 17.0 Å². The van der Waals surface area contributed by atoms with E-state index >= 15 is 0 Å². The monoisotopic (exact) mass is 281 g/mol. The van der Waals surface area contributed by atoms with Crippen molar-refractivity contribution in [3.05, 3.63) is 32.6 Å². The maximum atomic E-state index is 11.4. The van der Waals surface area contributed by atoms with E-state index in [4.69, 9.17) is 28.2 Å². The predicted molar refractivity (Wildman–Crippen MR) is 74.4 cm³/mol. The van der Waals surface area contributed by atoms with Crippen LogP contribution in [0.1, 0.15) is 31.2 Å². The molecular weight excluding hydrogens is 266 g/mol. The van der Waals surface area contributed by atoms with E-state index in [1.54, 1.807) is 0 Å². The minimum Gasteiger partial charge on any atom is -0.391 e. The molecular formula is C11H15N5O2S. The molecule has 5 N–H and O–H groups in total. The zero-order chi connectivity index (χ0) is 14.2. The number of hydrogen-bond acceptors (Lipinski definition) is 6. The largest absolute Gasteiger partial charge is 0.391 e. The van der Waals surface area contributed by atoms with Gasteiger partial charge in [-0.1, -0.05) is 19.0 Å². The SMILES string of the molecule is CC(C)c1cc(Cn2c(N)c(N)c(=O)[nH]c2=S)on1. The van der Waals surface area contributed by atoms with Crippen molar-refractivity contribution < 1.29 is 4.52 Å². The van der Waals surface area contributed by atoms with Gasteiger partial charge in [-0.05, 0) is 18.1 Å². The Hall–Kier alpha value is -2.09. The summed E-state index contributed by atoms with van der Waals surface area (Å²) in [6, 6.07) is 1.83. The number of nitrogens with zero attached hydrogens (tertiary/aromatic N) is 2. The predicted octanol–water partition coefficient (Wildman–Crippen LogP) is 1.23. The second-order valence-electron chi connectivity index (χ2n) is 4.52. The molecule has 2 rings (SSSR count). The number of hydrogen-bond donors (Lipinski definition) is 3. The Morgan fingerprint density at radius 1 is 1.53 bits per heavy atom. The third-order valence-corrected chi connectivity index (χ3v) is 3.08. The number of anilines is 2. The first-order valence-corrected chi connectivity index (χ1v) is 6.14. The minimum absolute atomic E-state index is 0.0581. The molecule has 0 atom stereocenters. The van der Waals surface area contributed by atoms with E-state index < -0.39 is 5.56 Å². The normalized spacial score (nSPS) is 11.1.